The number of amides is 2. The van der Waals surface area contributed by atoms with Crippen molar-refractivity contribution in [2.24, 2.45) is 12.8 Å². The predicted octanol–water partition coefficient (Wildman–Crippen LogP) is 2.14. The van der Waals surface area contributed by atoms with E-state index in [2.05, 4.69) is 15.5 Å². The molecular formula is C15H17ClFN5O2S. The molecule has 0 saturated carbocycles. The molecule has 2 amide bonds. The first-order valence-electron chi connectivity index (χ1n) is 7.37. The summed E-state index contributed by atoms with van der Waals surface area (Å²) < 4.78 is 14.9. The Hall–Kier alpha value is -2.13. The summed E-state index contributed by atoms with van der Waals surface area (Å²) in [4.78, 5) is 23.1. The monoisotopic (exact) mass is 385 g/mol. The molecule has 0 aliphatic rings. The van der Waals surface area contributed by atoms with E-state index >= 15 is 0 Å². The summed E-state index contributed by atoms with van der Waals surface area (Å²) >= 11 is 6.91. The van der Waals surface area contributed by atoms with Gasteiger partial charge < -0.3 is 15.6 Å². The van der Waals surface area contributed by atoms with Crippen LogP contribution in [-0.4, -0.2) is 31.8 Å². The third kappa shape index (κ3) is 5.17. The van der Waals surface area contributed by atoms with Gasteiger partial charge in [0.15, 0.2) is 5.16 Å². The van der Waals surface area contributed by atoms with Gasteiger partial charge in [0.25, 0.3) is 0 Å². The van der Waals surface area contributed by atoms with Gasteiger partial charge >= 0.3 is 0 Å². The van der Waals surface area contributed by atoms with E-state index in [1.54, 1.807) is 18.5 Å². The van der Waals surface area contributed by atoms with Gasteiger partial charge in [0.1, 0.15) is 11.6 Å². The maximum atomic E-state index is 13.1. The van der Waals surface area contributed by atoms with E-state index in [9.17, 15) is 14.0 Å². The van der Waals surface area contributed by atoms with Crippen molar-refractivity contribution in [3.05, 3.63) is 34.9 Å². The Bertz CT molecular complexity index is 798. The lowest BCUT2D eigenvalue weighted by Crippen LogP contribution is -2.23. The van der Waals surface area contributed by atoms with Crippen LogP contribution in [0.3, 0.4) is 0 Å². The first-order valence-corrected chi connectivity index (χ1v) is 8.63. The third-order valence-electron chi connectivity index (χ3n) is 3.36. The lowest BCUT2D eigenvalue weighted by Gasteiger charge is -2.12. The second-order valence-electron chi connectivity index (χ2n) is 5.30. The number of carbonyl (C=O) groups excluding carboxylic acids is 2. The van der Waals surface area contributed by atoms with Crippen LogP contribution in [0.4, 0.5) is 10.1 Å². The molecule has 10 heteroatoms. The molecule has 0 unspecified atom stereocenters. The number of primary amides is 1. The molecule has 0 fully saturated rings. The minimum atomic E-state index is -0.551. The number of hydrogen-bond acceptors (Lipinski definition) is 5. The van der Waals surface area contributed by atoms with Gasteiger partial charge in [-0.1, -0.05) is 23.4 Å². The maximum Gasteiger partial charge on any atom is 0.237 e. The maximum absolute atomic E-state index is 13.1. The molecule has 1 atom stereocenters. The number of carbonyl (C=O) groups is 2. The fourth-order valence-corrected chi connectivity index (χ4v) is 2.94. The lowest BCUT2D eigenvalue weighted by molar-refractivity contribution is -0.118. The van der Waals surface area contributed by atoms with E-state index < -0.39 is 17.0 Å². The van der Waals surface area contributed by atoms with E-state index in [0.717, 1.165) is 0 Å². The first kappa shape index (κ1) is 19.2. The fraction of sp³-hybridized carbons (Fsp3) is 0.333. The van der Waals surface area contributed by atoms with Gasteiger partial charge in [-0.25, -0.2) is 4.39 Å². The average molecular weight is 386 g/mol. The zero-order valence-electron chi connectivity index (χ0n) is 13.6. The van der Waals surface area contributed by atoms with Crippen molar-refractivity contribution in [3.8, 4) is 0 Å². The molecule has 0 radical (unpaired) electrons. The minimum absolute atomic E-state index is 0.0644. The molecular weight excluding hydrogens is 369 g/mol. The van der Waals surface area contributed by atoms with Crippen molar-refractivity contribution in [1.82, 2.24) is 14.8 Å². The Morgan fingerprint density at radius 2 is 2.16 bits per heavy atom. The number of hydrogen-bond donors (Lipinski definition) is 2. The van der Waals surface area contributed by atoms with Gasteiger partial charge in [-0.05, 0) is 25.1 Å². The number of anilines is 1. The Morgan fingerprint density at radius 3 is 2.80 bits per heavy atom. The van der Waals surface area contributed by atoms with Crippen molar-refractivity contribution >= 4 is 40.9 Å². The van der Waals surface area contributed by atoms with Crippen LogP contribution in [0.15, 0.2) is 23.4 Å². The van der Waals surface area contributed by atoms with Crippen LogP contribution in [0.25, 0.3) is 0 Å². The summed E-state index contributed by atoms with van der Waals surface area (Å²) in [6, 6.07) is 3.96. The summed E-state index contributed by atoms with van der Waals surface area (Å²) in [6.07, 6.45) is 0.562. The summed E-state index contributed by atoms with van der Waals surface area (Å²) in [7, 11) is 1.75. The second kappa shape index (κ2) is 8.30. The van der Waals surface area contributed by atoms with E-state index in [1.165, 1.54) is 30.0 Å². The average Bonchev–Trinajstić information content (AvgIpc) is 2.89. The number of halogens is 2. The van der Waals surface area contributed by atoms with Crippen LogP contribution in [0, 0.1) is 5.82 Å². The number of nitrogens with two attached hydrogens (primary N) is 1. The van der Waals surface area contributed by atoms with Gasteiger partial charge in [-0.3, -0.25) is 9.59 Å². The third-order valence-corrected chi connectivity index (χ3v) is 4.78. The topological polar surface area (TPSA) is 103 Å². The van der Waals surface area contributed by atoms with Crippen molar-refractivity contribution in [1.29, 1.82) is 0 Å². The zero-order valence-corrected chi connectivity index (χ0v) is 15.2. The molecule has 1 aromatic heterocycles. The van der Waals surface area contributed by atoms with Crippen molar-refractivity contribution in [2.75, 3.05) is 5.32 Å². The molecule has 0 bridgehead atoms. The SMILES string of the molecule is C[C@@H](Sc1nnc(CCC(N)=O)n1C)C(=O)Nc1ccc(F)c(Cl)c1. The normalized spacial score (nSPS) is 12.0. The molecule has 0 aliphatic carbocycles. The van der Waals surface area contributed by atoms with Crippen molar-refractivity contribution in [3.63, 3.8) is 0 Å². The van der Waals surface area contributed by atoms with E-state index in [0.29, 0.717) is 23.1 Å². The molecule has 0 saturated heterocycles. The van der Waals surface area contributed by atoms with Crippen LogP contribution >= 0.6 is 23.4 Å². The molecule has 134 valence electrons. The number of nitrogens with one attached hydrogen (secondary N) is 1. The standard InChI is InChI=1S/C15H17ClFN5O2S/c1-8(14(24)19-9-3-4-11(17)10(16)7-9)25-15-21-20-13(22(15)2)6-5-12(18)23/h3-4,7-8H,5-6H2,1-2H3,(H2,18,23)(H,19,24)/t8-/m1/s1. The minimum Gasteiger partial charge on any atom is -0.370 e. The molecule has 0 spiro atoms. The molecule has 2 aromatic rings. The summed E-state index contributed by atoms with van der Waals surface area (Å²) in [5, 5.41) is 10.7. The molecule has 25 heavy (non-hydrogen) atoms. The van der Waals surface area contributed by atoms with Crippen molar-refractivity contribution in [2.45, 2.75) is 30.2 Å². The first-order chi connectivity index (χ1) is 11.8. The number of benzene rings is 1. The van der Waals surface area contributed by atoms with Crippen LogP contribution < -0.4 is 11.1 Å². The van der Waals surface area contributed by atoms with Crippen LogP contribution in [0.1, 0.15) is 19.2 Å². The van der Waals surface area contributed by atoms with Gasteiger partial charge in [-0.2, -0.15) is 0 Å². The molecule has 2 rings (SSSR count). The van der Waals surface area contributed by atoms with Crippen LogP contribution in [-0.2, 0) is 23.1 Å². The van der Waals surface area contributed by atoms with E-state index in [4.69, 9.17) is 17.3 Å². The smallest absolute Gasteiger partial charge is 0.237 e. The lowest BCUT2D eigenvalue weighted by atomic mass is 10.3. The number of aryl methyl sites for hydroxylation is 1. The Kier molecular flexibility index (Phi) is 6.38. The molecule has 1 heterocycles. The number of rotatable bonds is 7. The highest BCUT2D eigenvalue weighted by molar-refractivity contribution is 8.00. The van der Waals surface area contributed by atoms with E-state index in [-0.39, 0.29) is 17.4 Å². The van der Waals surface area contributed by atoms with E-state index in [1.807, 2.05) is 0 Å². The molecule has 0 aliphatic heterocycles. The summed E-state index contributed by atoms with van der Waals surface area (Å²) in [5.41, 5.74) is 5.53. The highest BCUT2D eigenvalue weighted by Gasteiger charge is 2.19. The molecule has 1 aromatic carbocycles. The highest BCUT2D eigenvalue weighted by atomic mass is 35.5. The summed E-state index contributed by atoms with van der Waals surface area (Å²) in [5.74, 6) is -0.638. The summed E-state index contributed by atoms with van der Waals surface area (Å²) in [6.45, 7) is 1.71. The molecule has 7 nitrogen and oxygen atoms in total. The Balaban J connectivity index is 1.98. The highest BCUT2D eigenvalue weighted by Crippen LogP contribution is 2.24. The van der Waals surface area contributed by atoms with Gasteiger partial charge in [0.05, 0.1) is 10.3 Å². The van der Waals surface area contributed by atoms with Gasteiger partial charge in [0.2, 0.25) is 11.8 Å². The van der Waals surface area contributed by atoms with Crippen LogP contribution in [0.5, 0.6) is 0 Å². The second-order valence-corrected chi connectivity index (χ2v) is 7.02. The largest absolute Gasteiger partial charge is 0.370 e. The van der Waals surface area contributed by atoms with Crippen molar-refractivity contribution < 1.29 is 14.0 Å². The number of nitrogens with zero attached hydrogens (tertiary/aromatic N) is 3. The van der Waals surface area contributed by atoms with Crippen LogP contribution in [0.2, 0.25) is 5.02 Å². The quantitative estimate of drug-likeness (QED) is 0.711. The Labute approximate surface area is 153 Å². The van der Waals surface area contributed by atoms with Gasteiger partial charge in [-0.15, -0.1) is 10.2 Å². The number of aromatic nitrogens is 3. The number of thioether (sulfide) groups is 1. The fourth-order valence-electron chi connectivity index (χ4n) is 1.93. The zero-order chi connectivity index (χ0) is 18.6. The Morgan fingerprint density at radius 1 is 1.44 bits per heavy atom. The van der Waals surface area contributed by atoms with Gasteiger partial charge in [0, 0.05) is 25.6 Å². The predicted molar refractivity (Wildman–Crippen MR) is 93.9 cm³/mol. The molecule has 3 N–H and O–H groups in total.